The molecule has 136 valence electrons. The third-order valence-corrected chi connectivity index (χ3v) is 6.56. The Morgan fingerprint density at radius 2 is 2.24 bits per heavy atom. The summed E-state index contributed by atoms with van der Waals surface area (Å²) in [7, 11) is 2.93. The van der Waals surface area contributed by atoms with Crippen LogP contribution in [0.3, 0.4) is 0 Å². The average molecular weight is 381 g/mol. The van der Waals surface area contributed by atoms with Gasteiger partial charge in [0.2, 0.25) is 0 Å². The van der Waals surface area contributed by atoms with Gasteiger partial charge < -0.3 is 14.4 Å². The molecule has 0 radical (unpaired) electrons. The zero-order chi connectivity index (χ0) is 17.6. The minimum absolute atomic E-state index is 0.544. The topological polar surface area (TPSA) is 42.0 Å². The lowest BCUT2D eigenvalue weighted by Gasteiger charge is -2.17. The summed E-state index contributed by atoms with van der Waals surface area (Å²) >= 11 is 1.53. The van der Waals surface area contributed by atoms with Gasteiger partial charge in [-0.1, -0.05) is 12.1 Å². The molecule has 0 aliphatic carbocycles. The van der Waals surface area contributed by atoms with Gasteiger partial charge in [-0.15, -0.1) is 11.3 Å². The van der Waals surface area contributed by atoms with Gasteiger partial charge in [0.25, 0.3) is 0 Å². The Labute approximate surface area is 155 Å². The molecule has 25 heavy (non-hydrogen) atoms. The maximum Gasteiger partial charge on any atom is 0.138 e. The molecular weight excluding hydrogens is 356 g/mol. The first-order chi connectivity index (χ1) is 12.1. The fraction of sp³-hybridized carbons (Fsp3) is 0.444. The summed E-state index contributed by atoms with van der Waals surface area (Å²) < 4.78 is 27.2. The molecule has 1 aromatic carbocycles. The SMILES string of the molecule is CN(C)CCOCc1ccc2c(c1)CN(S(=O)c1cccs1)CCO2. The first kappa shape index (κ1) is 18.5. The highest BCUT2D eigenvalue weighted by Crippen LogP contribution is 2.27. The number of benzene rings is 1. The number of thiophene rings is 1. The molecule has 1 unspecified atom stereocenters. The van der Waals surface area contributed by atoms with E-state index in [-0.39, 0.29) is 0 Å². The molecule has 5 nitrogen and oxygen atoms in total. The Bertz CT molecular complexity index is 704. The summed E-state index contributed by atoms with van der Waals surface area (Å²) in [6, 6.07) is 10.00. The van der Waals surface area contributed by atoms with Crippen molar-refractivity contribution in [2.75, 3.05) is 40.4 Å². The highest BCUT2D eigenvalue weighted by Gasteiger charge is 2.21. The van der Waals surface area contributed by atoms with E-state index in [9.17, 15) is 4.21 Å². The van der Waals surface area contributed by atoms with Crippen LogP contribution in [0.25, 0.3) is 0 Å². The first-order valence-corrected chi connectivity index (χ1v) is 10.3. The highest BCUT2D eigenvalue weighted by molar-refractivity contribution is 7.85. The van der Waals surface area contributed by atoms with Crippen LogP contribution in [0.4, 0.5) is 0 Å². The minimum Gasteiger partial charge on any atom is -0.492 e. The smallest absolute Gasteiger partial charge is 0.138 e. The summed E-state index contributed by atoms with van der Waals surface area (Å²) in [4.78, 5) is 2.10. The minimum atomic E-state index is -1.14. The third-order valence-electron chi connectivity index (χ3n) is 3.92. The molecule has 7 heteroatoms. The Morgan fingerprint density at radius 3 is 3.00 bits per heavy atom. The molecule has 1 atom stereocenters. The van der Waals surface area contributed by atoms with E-state index in [4.69, 9.17) is 9.47 Å². The van der Waals surface area contributed by atoms with Crippen molar-refractivity contribution >= 4 is 22.3 Å². The quantitative estimate of drug-likeness (QED) is 0.693. The van der Waals surface area contributed by atoms with Crippen molar-refractivity contribution in [3.05, 3.63) is 46.8 Å². The molecule has 0 fully saturated rings. The van der Waals surface area contributed by atoms with Crippen LogP contribution >= 0.6 is 11.3 Å². The molecular formula is C18H24N2O3S2. The van der Waals surface area contributed by atoms with Crippen molar-refractivity contribution < 1.29 is 13.7 Å². The summed E-state index contributed by atoms with van der Waals surface area (Å²) in [6.45, 7) is 3.99. The number of fused-ring (bicyclic) bond motifs is 1. The van der Waals surface area contributed by atoms with Gasteiger partial charge in [0.15, 0.2) is 0 Å². The van der Waals surface area contributed by atoms with E-state index in [0.29, 0.717) is 32.9 Å². The Hall–Kier alpha value is -1.25. The number of rotatable bonds is 7. The molecule has 0 amide bonds. The second-order valence-corrected chi connectivity index (χ2v) is 8.85. The Morgan fingerprint density at radius 1 is 1.36 bits per heavy atom. The van der Waals surface area contributed by atoms with Crippen molar-refractivity contribution in [1.29, 1.82) is 0 Å². The normalized spacial score (nSPS) is 16.3. The lowest BCUT2D eigenvalue weighted by atomic mass is 10.1. The maximum absolute atomic E-state index is 12.7. The molecule has 0 bridgehead atoms. The van der Waals surface area contributed by atoms with E-state index in [1.807, 2.05) is 48.0 Å². The first-order valence-electron chi connectivity index (χ1n) is 8.31. The van der Waals surface area contributed by atoms with Gasteiger partial charge >= 0.3 is 0 Å². The monoisotopic (exact) mass is 380 g/mol. The van der Waals surface area contributed by atoms with Gasteiger partial charge in [0.05, 0.1) is 13.2 Å². The lowest BCUT2D eigenvalue weighted by Crippen LogP contribution is -2.27. The summed E-state index contributed by atoms with van der Waals surface area (Å²) in [5, 5.41) is 1.96. The molecule has 1 aromatic heterocycles. The Kier molecular flexibility index (Phi) is 6.61. The van der Waals surface area contributed by atoms with Gasteiger partial charge in [-0.3, -0.25) is 0 Å². The van der Waals surface area contributed by atoms with Gasteiger partial charge in [-0.25, -0.2) is 8.51 Å². The van der Waals surface area contributed by atoms with E-state index in [1.165, 1.54) is 11.3 Å². The zero-order valence-electron chi connectivity index (χ0n) is 14.6. The lowest BCUT2D eigenvalue weighted by molar-refractivity contribution is 0.105. The predicted molar refractivity (Wildman–Crippen MR) is 101 cm³/mol. The van der Waals surface area contributed by atoms with Crippen LogP contribution in [0.1, 0.15) is 11.1 Å². The summed E-state index contributed by atoms with van der Waals surface area (Å²) in [6.07, 6.45) is 0. The standard InChI is InChI=1S/C18H24N2O3S2/c1-19(2)7-9-22-14-15-5-6-17-16(12-15)13-20(8-10-23-17)25(21)18-4-3-11-24-18/h3-6,11-12H,7-10,13-14H2,1-2H3. The number of hydrogen-bond acceptors (Lipinski definition) is 5. The third kappa shape index (κ3) is 5.12. The number of hydrogen-bond donors (Lipinski definition) is 0. The van der Waals surface area contributed by atoms with E-state index < -0.39 is 11.0 Å². The molecule has 0 saturated carbocycles. The van der Waals surface area contributed by atoms with Gasteiger partial charge in [-0.2, -0.15) is 0 Å². The second kappa shape index (κ2) is 8.91. The van der Waals surface area contributed by atoms with E-state index in [0.717, 1.165) is 27.6 Å². The number of likely N-dealkylation sites (N-methyl/N-ethyl adjacent to an activating group) is 1. The average Bonchev–Trinajstić information content (AvgIpc) is 3.05. The van der Waals surface area contributed by atoms with Crippen LogP contribution in [-0.2, 0) is 28.9 Å². The predicted octanol–water partition coefficient (Wildman–Crippen LogP) is 2.74. The van der Waals surface area contributed by atoms with Crippen molar-refractivity contribution in [3.8, 4) is 5.75 Å². The van der Waals surface area contributed by atoms with Crippen LogP contribution in [0.2, 0.25) is 0 Å². The molecule has 0 N–H and O–H groups in total. The van der Waals surface area contributed by atoms with Crippen molar-refractivity contribution in [2.45, 2.75) is 17.4 Å². The molecule has 3 rings (SSSR count). The van der Waals surface area contributed by atoms with E-state index in [2.05, 4.69) is 11.0 Å². The van der Waals surface area contributed by atoms with Crippen LogP contribution in [0.15, 0.2) is 39.9 Å². The number of nitrogens with zero attached hydrogens (tertiary/aromatic N) is 2. The van der Waals surface area contributed by atoms with Crippen LogP contribution in [0, 0.1) is 0 Å². The fourth-order valence-corrected chi connectivity index (χ4v) is 4.79. The molecule has 2 aromatic rings. The molecule has 0 spiro atoms. The van der Waals surface area contributed by atoms with Crippen LogP contribution < -0.4 is 4.74 Å². The van der Waals surface area contributed by atoms with Gasteiger partial charge in [0, 0.05) is 25.2 Å². The maximum atomic E-state index is 12.7. The van der Waals surface area contributed by atoms with Crippen molar-refractivity contribution in [1.82, 2.24) is 9.21 Å². The Balaban J connectivity index is 1.67. The molecule has 1 aliphatic heterocycles. The van der Waals surface area contributed by atoms with Gasteiger partial charge in [0.1, 0.15) is 27.6 Å². The van der Waals surface area contributed by atoms with E-state index >= 15 is 0 Å². The van der Waals surface area contributed by atoms with Gasteiger partial charge in [-0.05, 0) is 43.2 Å². The molecule has 1 aliphatic rings. The second-order valence-electron chi connectivity index (χ2n) is 6.19. The summed E-state index contributed by atoms with van der Waals surface area (Å²) in [5.41, 5.74) is 2.18. The fourth-order valence-electron chi connectivity index (χ4n) is 2.58. The largest absolute Gasteiger partial charge is 0.492 e. The van der Waals surface area contributed by atoms with Crippen LogP contribution in [0.5, 0.6) is 5.75 Å². The van der Waals surface area contributed by atoms with Crippen molar-refractivity contribution in [2.24, 2.45) is 0 Å². The van der Waals surface area contributed by atoms with Crippen molar-refractivity contribution in [3.63, 3.8) is 0 Å². The number of ether oxygens (including phenoxy) is 2. The molecule has 2 heterocycles. The molecule has 0 saturated heterocycles. The highest BCUT2D eigenvalue weighted by atomic mass is 32.2. The zero-order valence-corrected chi connectivity index (χ0v) is 16.3. The van der Waals surface area contributed by atoms with E-state index in [1.54, 1.807) is 0 Å². The summed E-state index contributed by atoms with van der Waals surface area (Å²) in [5.74, 6) is 0.878. The van der Waals surface area contributed by atoms with Crippen LogP contribution in [-0.4, -0.2) is 53.8 Å².